The molecule has 0 radical (unpaired) electrons. The minimum absolute atomic E-state index is 0.0310. The zero-order valence-corrected chi connectivity index (χ0v) is 12.6. The van der Waals surface area contributed by atoms with Gasteiger partial charge in [0.1, 0.15) is 0 Å². The first kappa shape index (κ1) is 15.4. The summed E-state index contributed by atoms with van der Waals surface area (Å²) in [6.07, 6.45) is 1.35. The predicted octanol–water partition coefficient (Wildman–Crippen LogP) is 2.35. The minimum Gasteiger partial charge on any atom is -0.450 e. The summed E-state index contributed by atoms with van der Waals surface area (Å²) < 4.78 is 4.89. The number of ether oxygens (including phenoxy) is 1. The highest BCUT2D eigenvalue weighted by Crippen LogP contribution is 2.16. The summed E-state index contributed by atoms with van der Waals surface area (Å²) in [4.78, 5) is 25.8. The van der Waals surface area contributed by atoms with E-state index in [1.807, 2.05) is 36.1 Å². The van der Waals surface area contributed by atoms with Crippen LogP contribution in [0.15, 0.2) is 24.3 Å². The Morgan fingerprint density at radius 2 is 2.14 bits per heavy atom. The van der Waals surface area contributed by atoms with E-state index in [-0.39, 0.29) is 11.9 Å². The monoisotopic (exact) mass is 290 g/mol. The van der Waals surface area contributed by atoms with Gasteiger partial charge in [0.05, 0.1) is 6.61 Å². The van der Waals surface area contributed by atoms with Crippen LogP contribution in [0, 0.1) is 6.92 Å². The van der Waals surface area contributed by atoms with Crippen LogP contribution < -0.4 is 5.32 Å². The molecule has 1 aliphatic heterocycles. The van der Waals surface area contributed by atoms with Gasteiger partial charge in [0.2, 0.25) is 0 Å². The Morgan fingerprint density at radius 3 is 2.86 bits per heavy atom. The van der Waals surface area contributed by atoms with E-state index in [0.717, 1.165) is 30.5 Å². The molecule has 0 unspecified atom stereocenters. The lowest BCUT2D eigenvalue weighted by molar-refractivity contribution is 0.0685. The number of hydrogen-bond donors (Lipinski definition) is 1. The van der Waals surface area contributed by atoms with E-state index in [1.165, 1.54) is 0 Å². The van der Waals surface area contributed by atoms with E-state index < -0.39 is 6.09 Å². The molecule has 0 aliphatic carbocycles. The number of rotatable bonds is 3. The lowest BCUT2D eigenvalue weighted by Gasteiger charge is -2.33. The largest absolute Gasteiger partial charge is 0.450 e. The number of nitrogens with one attached hydrogen (secondary N) is 1. The van der Waals surface area contributed by atoms with Crippen molar-refractivity contribution in [2.24, 2.45) is 0 Å². The number of piperidine rings is 1. The molecule has 114 valence electrons. The Bertz CT molecular complexity index is 516. The van der Waals surface area contributed by atoms with Gasteiger partial charge in [-0.2, -0.15) is 0 Å². The maximum absolute atomic E-state index is 12.6. The second-order valence-electron chi connectivity index (χ2n) is 5.27. The summed E-state index contributed by atoms with van der Waals surface area (Å²) in [6.45, 7) is 5.32. The SMILES string of the molecule is CCOC(=O)N[C@H]1CCCN(C(=O)c2ccccc2C)C1. The summed E-state index contributed by atoms with van der Waals surface area (Å²) in [5.74, 6) is 0.0310. The number of aryl methyl sites for hydroxylation is 1. The summed E-state index contributed by atoms with van der Waals surface area (Å²) in [7, 11) is 0. The van der Waals surface area contributed by atoms with E-state index in [9.17, 15) is 9.59 Å². The Kier molecular flexibility index (Phi) is 5.20. The number of nitrogens with zero attached hydrogens (tertiary/aromatic N) is 1. The third kappa shape index (κ3) is 3.97. The van der Waals surface area contributed by atoms with Gasteiger partial charge in [-0.05, 0) is 38.3 Å². The Labute approximate surface area is 125 Å². The third-order valence-corrected chi connectivity index (χ3v) is 3.68. The first-order valence-corrected chi connectivity index (χ1v) is 7.40. The molecular weight excluding hydrogens is 268 g/mol. The fourth-order valence-corrected chi connectivity index (χ4v) is 2.60. The lowest BCUT2D eigenvalue weighted by Crippen LogP contribution is -2.49. The van der Waals surface area contributed by atoms with Crippen molar-refractivity contribution in [3.63, 3.8) is 0 Å². The minimum atomic E-state index is -0.410. The fourth-order valence-electron chi connectivity index (χ4n) is 2.60. The quantitative estimate of drug-likeness (QED) is 0.929. The average Bonchev–Trinajstić information content (AvgIpc) is 2.47. The second-order valence-corrected chi connectivity index (χ2v) is 5.27. The zero-order valence-electron chi connectivity index (χ0n) is 12.6. The number of carbonyl (C=O) groups is 2. The van der Waals surface area contributed by atoms with Crippen molar-refractivity contribution in [2.75, 3.05) is 19.7 Å². The number of amides is 2. The number of carbonyl (C=O) groups excluding carboxylic acids is 2. The first-order valence-electron chi connectivity index (χ1n) is 7.40. The second kappa shape index (κ2) is 7.11. The van der Waals surface area contributed by atoms with Crippen LogP contribution >= 0.6 is 0 Å². The summed E-state index contributed by atoms with van der Waals surface area (Å²) in [5, 5.41) is 2.82. The first-order chi connectivity index (χ1) is 10.1. The molecule has 1 atom stereocenters. The fraction of sp³-hybridized carbons (Fsp3) is 0.500. The maximum Gasteiger partial charge on any atom is 0.407 e. The summed E-state index contributed by atoms with van der Waals surface area (Å²) >= 11 is 0. The Morgan fingerprint density at radius 1 is 1.38 bits per heavy atom. The van der Waals surface area contributed by atoms with Crippen molar-refractivity contribution >= 4 is 12.0 Å². The lowest BCUT2D eigenvalue weighted by atomic mass is 10.0. The molecule has 1 aliphatic rings. The molecular formula is C16H22N2O3. The molecule has 1 saturated heterocycles. The van der Waals surface area contributed by atoms with Gasteiger partial charge < -0.3 is 15.0 Å². The molecule has 21 heavy (non-hydrogen) atoms. The van der Waals surface area contributed by atoms with Gasteiger partial charge >= 0.3 is 6.09 Å². The highest BCUT2D eigenvalue weighted by Gasteiger charge is 2.26. The highest BCUT2D eigenvalue weighted by molar-refractivity contribution is 5.95. The highest BCUT2D eigenvalue weighted by atomic mass is 16.5. The molecule has 1 fully saturated rings. The van der Waals surface area contributed by atoms with Gasteiger partial charge in [-0.25, -0.2) is 4.79 Å². The van der Waals surface area contributed by atoms with E-state index in [0.29, 0.717) is 13.2 Å². The van der Waals surface area contributed by atoms with Crippen molar-refractivity contribution < 1.29 is 14.3 Å². The normalized spacial score (nSPS) is 18.2. The zero-order chi connectivity index (χ0) is 15.2. The Balaban J connectivity index is 1.99. The molecule has 0 bridgehead atoms. The van der Waals surface area contributed by atoms with Crippen LogP contribution in [-0.4, -0.2) is 42.6 Å². The van der Waals surface area contributed by atoms with Gasteiger partial charge in [0.15, 0.2) is 0 Å². The maximum atomic E-state index is 12.6. The van der Waals surface area contributed by atoms with E-state index in [4.69, 9.17) is 4.74 Å². The van der Waals surface area contributed by atoms with Gasteiger partial charge in [-0.3, -0.25) is 4.79 Å². The van der Waals surface area contributed by atoms with Crippen molar-refractivity contribution in [2.45, 2.75) is 32.7 Å². The average molecular weight is 290 g/mol. The Hall–Kier alpha value is -2.04. The van der Waals surface area contributed by atoms with Crippen LogP contribution in [0.4, 0.5) is 4.79 Å². The number of benzene rings is 1. The molecule has 0 spiro atoms. The van der Waals surface area contributed by atoms with Crippen molar-refractivity contribution in [1.82, 2.24) is 10.2 Å². The molecule has 2 amide bonds. The van der Waals surface area contributed by atoms with Crippen molar-refractivity contribution in [1.29, 1.82) is 0 Å². The van der Waals surface area contributed by atoms with Crippen LogP contribution in [0.3, 0.4) is 0 Å². The standard InChI is InChI=1S/C16H22N2O3/c1-3-21-16(20)17-13-8-6-10-18(11-13)15(19)14-9-5-4-7-12(14)2/h4-5,7,9,13H,3,6,8,10-11H2,1-2H3,(H,17,20)/t13-/m0/s1. The molecule has 5 nitrogen and oxygen atoms in total. The topological polar surface area (TPSA) is 58.6 Å². The van der Waals surface area contributed by atoms with E-state index in [1.54, 1.807) is 6.92 Å². The van der Waals surface area contributed by atoms with Crippen LogP contribution in [-0.2, 0) is 4.74 Å². The molecule has 1 heterocycles. The van der Waals surface area contributed by atoms with Crippen molar-refractivity contribution in [3.05, 3.63) is 35.4 Å². The van der Waals surface area contributed by atoms with E-state index in [2.05, 4.69) is 5.32 Å². The molecule has 1 aromatic rings. The number of alkyl carbamates (subject to hydrolysis) is 1. The van der Waals surface area contributed by atoms with Crippen LogP contribution in [0.5, 0.6) is 0 Å². The van der Waals surface area contributed by atoms with Crippen LogP contribution in [0.1, 0.15) is 35.7 Å². The summed E-state index contributed by atoms with van der Waals surface area (Å²) in [6, 6.07) is 7.54. The summed E-state index contributed by atoms with van der Waals surface area (Å²) in [5.41, 5.74) is 1.71. The molecule has 1 N–H and O–H groups in total. The molecule has 2 rings (SSSR count). The number of likely N-dealkylation sites (tertiary alicyclic amines) is 1. The van der Waals surface area contributed by atoms with Gasteiger partial charge in [-0.1, -0.05) is 18.2 Å². The molecule has 0 aromatic heterocycles. The van der Waals surface area contributed by atoms with Crippen molar-refractivity contribution in [3.8, 4) is 0 Å². The number of hydrogen-bond acceptors (Lipinski definition) is 3. The van der Waals surface area contributed by atoms with Gasteiger partial charge in [-0.15, -0.1) is 0 Å². The smallest absolute Gasteiger partial charge is 0.407 e. The molecule has 0 saturated carbocycles. The van der Waals surface area contributed by atoms with Gasteiger partial charge in [0.25, 0.3) is 5.91 Å². The van der Waals surface area contributed by atoms with Gasteiger partial charge in [0, 0.05) is 24.7 Å². The third-order valence-electron chi connectivity index (χ3n) is 3.68. The molecule has 5 heteroatoms. The molecule has 1 aromatic carbocycles. The predicted molar refractivity (Wildman–Crippen MR) is 80.3 cm³/mol. The van der Waals surface area contributed by atoms with Crippen LogP contribution in [0.2, 0.25) is 0 Å². The van der Waals surface area contributed by atoms with Crippen LogP contribution in [0.25, 0.3) is 0 Å². The van der Waals surface area contributed by atoms with E-state index >= 15 is 0 Å².